The summed E-state index contributed by atoms with van der Waals surface area (Å²) in [6.07, 6.45) is 9.00. The van der Waals surface area contributed by atoms with Crippen molar-refractivity contribution in [1.29, 1.82) is 0 Å². The first kappa shape index (κ1) is 25.2. The molecule has 0 spiro atoms. The van der Waals surface area contributed by atoms with Gasteiger partial charge in [-0.2, -0.15) is 0 Å². The van der Waals surface area contributed by atoms with Crippen LogP contribution in [-0.4, -0.2) is 71.6 Å². The predicted molar refractivity (Wildman–Crippen MR) is 131 cm³/mol. The number of nitrogens with zero attached hydrogens (tertiary/aromatic N) is 5. The molecule has 1 aromatic rings. The smallest absolute Gasteiger partial charge is 0.310 e. The zero-order valence-electron chi connectivity index (χ0n) is 18.5. The number of likely N-dealkylation sites (tertiary alicyclic amines) is 1. The highest BCUT2D eigenvalue weighted by Crippen LogP contribution is 2.33. The van der Waals surface area contributed by atoms with E-state index < -0.39 is 0 Å². The molecule has 170 valence electrons. The van der Waals surface area contributed by atoms with Crippen LogP contribution in [0.3, 0.4) is 0 Å². The minimum atomic E-state index is -0.133. The summed E-state index contributed by atoms with van der Waals surface area (Å²) in [7, 11) is 3.25. The van der Waals surface area contributed by atoms with Crippen LogP contribution in [0.4, 0.5) is 0 Å². The van der Waals surface area contributed by atoms with Crippen molar-refractivity contribution in [2.45, 2.75) is 56.6 Å². The van der Waals surface area contributed by atoms with E-state index in [2.05, 4.69) is 43.2 Å². The zero-order chi connectivity index (χ0) is 20.8. The van der Waals surface area contributed by atoms with Gasteiger partial charge in [-0.15, -0.1) is 34.2 Å². The SMILES string of the molecule is CN=C(NCCCc1nnc(SC)n1C1CCCC1)N1CC(C)C(C(=O)OC)C1.I. The van der Waals surface area contributed by atoms with Crippen LogP contribution in [0.5, 0.6) is 0 Å². The second kappa shape index (κ2) is 12.1. The molecule has 30 heavy (non-hydrogen) atoms. The fourth-order valence-corrected chi connectivity index (χ4v) is 5.10. The van der Waals surface area contributed by atoms with Crippen LogP contribution < -0.4 is 5.32 Å². The molecular weight excluding hydrogens is 515 g/mol. The van der Waals surface area contributed by atoms with Gasteiger partial charge >= 0.3 is 5.97 Å². The summed E-state index contributed by atoms with van der Waals surface area (Å²) < 4.78 is 7.31. The first-order valence-corrected chi connectivity index (χ1v) is 11.8. The molecule has 0 amide bonds. The molecule has 0 radical (unpaired) electrons. The van der Waals surface area contributed by atoms with Gasteiger partial charge in [-0.25, -0.2) is 0 Å². The molecule has 0 aromatic carbocycles. The molecule has 10 heteroatoms. The van der Waals surface area contributed by atoms with E-state index in [-0.39, 0.29) is 41.8 Å². The third kappa shape index (κ3) is 5.80. The van der Waals surface area contributed by atoms with E-state index in [0.29, 0.717) is 12.6 Å². The number of halogens is 1. The number of thioether (sulfide) groups is 1. The molecule has 2 heterocycles. The Kier molecular flexibility index (Phi) is 10.2. The number of carbonyl (C=O) groups is 1. The quantitative estimate of drug-likeness (QED) is 0.140. The van der Waals surface area contributed by atoms with Crippen LogP contribution in [0.15, 0.2) is 10.1 Å². The number of hydrogen-bond acceptors (Lipinski definition) is 6. The fourth-order valence-electron chi connectivity index (χ4n) is 4.52. The number of hydrogen-bond donors (Lipinski definition) is 1. The molecule has 3 rings (SSSR count). The van der Waals surface area contributed by atoms with E-state index in [1.807, 2.05) is 0 Å². The number of aromatic nitrogens is 3. The maximum atomic E-state index is 11.9. The summed E-state index contributed by atoms with van der Waals surface area (Å²) in [4.78, 5) is 18.5. The normalized spacial score (nSPS) is 22.3. The van der Waals surface area contributed by atoms with E-state index in [1.54, 1.807) is 18.8 Å². The van der Waals surface area contributed by atoms with Gasteiger partial charge in [0.1, 0.15) is 5.82 Å². The maximum absolute atomic E-state index is 11.9. The largest absolute Gasteiger partial charge is 0.469 e. The van der Waals surface area contributed by atoms with Crippen LogP contribution in [0, 0.1) is 11.8 Å². The zero-order valence-corrected chi connectivity index (χ0v) is 21.6. The Bertz CT molecular complexity index is 722. The molecule has 2 aliphatic rings. The number of esters is 1. The highest BCUT2D eigenvalue weighted by Gasteiger charge is 2.36. The minimum absolute atomic E-state index is 0. The summed E-state index contributed by atoms with van der Waals surface area (Å²) in [5.74, 6) is 1.99. The van der Waals surface area contributed by atoms with Crippen molar-refractivity contribution < 1.29 is 9.53 Å². The Morgan fingerprint density at radius 1 is 1.30 bits per heavy atom. The van der Waals surface area contributed by atoms with E-state index in [0.717, 1.165) is 42.9 Å². The second-order valence-electron chi connectivity index (χ2n) is 8.00. The van der Waals surface area contributed by atoms with Gasteiger partial charge in [-0.1, -0.05) is 31.5 Å². The number of guanidine groups is 1. The van der Waals surface area contributed by atoms with Crippen molar-refractivity contribution in [3.8, 4) is 0 Å². The van der Waals surface area contributed by atoms with Gasteiger partial charge in [0.15, 0.2) is 11.1 Å². The van der Waals surface area contributed by atoms with Crippen molar-refractivity contribution >= 4 is 47.7 Å². The molecule has 0 bridgehead atoms. The highest BCUT2D eigenvalue weighted by atomic mass is 127. The van der Waals surface area contributed by atoms with Gasteiger partial charge in [-0.05, 0) is 31.4 Å². The summed E-state index contributed by atoms with van der Waals surface area (Å²) in [5.41, 5.74) is 0. The standard InChI is InChI=1S/C20H34N6O2S.HI/c1-14-12-25(13-16(14)18(27)28-3)19(21-2)22-11-7-10-17-23-24-20(29-4)26(17)15-8-5-6-9-15;/h14-16H,5-13H2,1-4H3,(H,21,22);1H. The number of nitrogens with one attached hydrogen (secondary N) is 1. The molecule has 1 N–H and O–H groups in total. The predicted octanol–water partition coefficient (Wildman–Crippen LogP) is 2.98. The molecule has 1 saturated heterocycles. The van der Waals surface area contributed by atoms with Gasteiger partial charge in [0.25, 0.3) is 0 Å². The fraction of sp³-hybridized carbons (Fsp3) is 0.800. The number of carbonyl (C=O) groups excluding carboxylic acids is 1. The van der Waals surface area contributed by atoms with E-state index in [4.69, 9.17) is 4.74 Å². The minimum Gasteiger partial charge on any atom is -0.469 e. The molecule has 1 saturated carbocycles. The van der Waals surface area contributed by atoms with Gasteiger partial charge in [0.05, 0.1) is 13.0 Å². The number of rotatable bonds is 7. The van der Waals surface area contributed by atoms with E-state index >= 15 is 0 Å². The molecular formula is C20H35IN6O2S. The second-order valence-corrected chi connectivity index (χ2v) is 8.77. The van der Waals surface area contributed by atoms with Crippen LogP contribution in [0.25, 0.3) is 0 Å². The summed E-state index contributed by atoms with van der Waals surface area (Å²) in [6, 6.07) is 0.560. The molecule has 8 nitrogen and oxygen atoms in total. The lowest BCUT2D eigenvalue weighted by molar-refractivity contribution is -0.145. The molecule has 1 aliphatic carbocycles. The lowest BCUT2D eigenvalue weighted by Crippen LogP contribution is -2.41. The van der Waals surface area contributed by atoms with Crippen LogP contribution in [0.2, 0.25) is 0 Å². The number of aliphatic imine (C=N–C) groups is 1. The Labute approximate surface area is 201 Å². The van der Waals surface area contributed by atoms with Crippen molar-refractivity contribution in [3.63, 3.8) is 0 Å². The van der Waals surface area contributed by atoms with E-state index in [1.165, 1.54) is 32.8 Å². The lowest BCUT2D eigenvalue weighted by atomic mass is 9.99. The monoisotopic (exact) mass is 550 g/mol. The Hall–Kier alpha value is -1.04. The third-order valence-electron chi connectivity index (χ3n) is 6.10. The maximum Gasteiger partial charge on any atom is 0.310 e. The average molecular weight is 551 g/mol. The number of aryl methyl sites for hydroxylation is 1. The van der Waals surface area contributed by atoms with Crippen molar-refractivity contribution in [3.05, 3.63) is 5.82 Å². The van der Waals surface area contributed by atoms with Gasteiger partial charge in [0, 0.05) is 39.1 Å². The molecule has 2 fully saturated rings. The number of methoxy groups -OCH3 is 1. The Balaban J connectivity index is 0.00000320. The Morgan fingerprint density at radius 3 is 2.67 bits per heavy atom. The van der Waals surface area contributed by atoms with Crippen molar-refractivity contribution in [2.24, 2.45) is 16.8 Å². The van der Waals surface area contributed by atoms with Gasteiger partial charge in [-0.3, -0.25) is 9.79 Å². The van der Waals surface area contributed by atoms with Crippen LogP contribution in [-0.2, 0) is 16.0 Å². The van der Waals surface area contributed by atoms with Crippen LogP contribution in [0.1, 0.15) is 50.9 Å². The summed E-state index contributed by atoms with van der Waals surface area (Å²) in [5, 5.41) is 13.3. The van der Waals surface area contributed by atoms with Gasteiger partial charge < -0.3 is 19.5 Å². The van der Waals surface area contributed by atoms with Crippen molar-refractivity contribution in [2.75, 3.05) is 40.0 Å². The molecule has 2 atom stereocenters. The van der Waals surface area contributed by atoms with Crippen LogP contribution >= 0.6 is 35.7 Å². The first-order valence-electron chi connectivity index (χ1n) is 10.6. The summed E-state index contributed by atoms with van der Waals surface area (Å²) >= 11 is 1.68. The van der Waals surface area contributed by atoms with Crippen molar-refractivity contribution in [1.82, 2.24) is 25.0 Å². The molecule has 2 unspecified atom stereocenters. The summed E-state index contributed by atoms with van der Waals surface area (Å²) in [6.45, 7) is 4.37. The molecule has 1 aromatic heterocycles. The average Bonchev–Trinajstić information content (AvgIpc) is 3.46. The van der Waals surface area contributed by atoms with E-state index in [9.17, 15) is 4.79 Å². The number of ether oxygens (including phenoxy) is 1. The third-order valence-corrected chi connectivity index (χ3v) is 6.74. The lowest BCUT2D eigenvalue weighted by Gasteiger charge is -2.21. The molecule has 1 aliphatic heterocycles. The first-order chi connectivity index (χ1) is 14.1. The Morgan fingerprint density at radius 2 is 2.03 bits per heavy atom. The van der Waals surface area contributed by atoms with Gasteiger partial charge in [0.2, 0.25) is 0 Å². The highest BCUT2D eigenvalue weighted by molar-refractivity contribution is 14.0. The topological polar surface area (TPSA) is 84.6 Å².